The molecule has 0 spiro atoms. The second kappa shape index (κ2) is 9.58. The van der Waals surface area contributed by atoms with Gasteiger partial charge in [0, 0.05) is 36.4 Å². The summed E-state index contributed by atoms with van der Waals surface area (Å²) in [5.41, 5.74) is 3.15. The molecule has 0 unspecified atom stereocenters. The molecule has 164 valence electrons. The summed E-state index contributed by atoms with van der Waals surface area (Å²) >= 11 is 6.35. The van der Waals surface area contributed by atoms with Crippen molar-refractivity contribution in [1.29, 1.82) is 0 Å². The number of pyridine rings is 2. The van der Waals surface area contributed by atoms with Gasteiger partial charge in [0.1, 0.15) is 11.5 Å². The molecule has 1 saturated heterocycles. The number of hydrogen-bond donors (Lipinski definition) is 1. The lowest BCUT2D eigenvalue weighted by molar-refractivity contribution is 0.0793. The first-order valence-electron chi connectivity index (χ1n) is 9.76. The Morgan fingerprint density at radius 3 is 2.52 bits per heavy atom. The first kappa shape index (κ1) is 22.9. The zero-order chi connectivity index (χ0) is 21.3. The number of aromatic nitrogens is 2. The van der Waals surface area contributed by atoms with Gasteiger partial charge in [-0.05, 0) is 38.0 Å². The second-order valence-corrected chi connectivity index (χ2v) is 7.59. The first-order chi connectivity index (χ1) is 14.5. The molecule has 1 aliphatic heterocycles. The fourth-order valence-electron chi connectivity index (χ4n) is 3.65. The first-order valence-corrected chi connectivity index (χ1v) is 10.1. The summed E-state index contributed by atoms with van der Waals surface area (Å²) in [4.78, 5) is 24.1. The molecule has 9 heteroatoms. The maximum absolute atomic E-state index is 13.2. The average molecular weight is 463 g/mol. The zero-order valence-corrected chi connectivity index (χ0v) is 19.1. The Morgan fingerprint density at radius 2 is 1.84 bits per heavy atom. The van der Waals surface area contributed by atoms with Gasteiger partial charge < -0.3 is 19.7 Å². The maximum atomic E-state index is 13.2. The van der Waals surface area contributed by atoms with E-state index >= 15 is 0 Å². The SMILES string of the molecule is COc1cc(OC)c(Nc2c(C(=O)N3CCCC3)cnc3nc(C)ccc23)cc1Cl.Cl. The molecule has 1 amide bonds. The number of ether oxygens (including phenoxy) is 2. The smallest absolute Gasteiger partial charge is 0.257 e. The van der Waals surface area contributed by atoms with Crippen LogP contribution in [-0.4, -0.2) is 48.1 Å². The van der Waals surface area contributed by atoms with Gasteiger partial charge in [-0.3, -0.25) is 4.79 Å². The van der Waals surface area contributed by atoms with Gasteiger partial charge in [-0.15, -0.1) is 12.4 Å². The fourth-order valence-corrected chi connectivity index (χ4v) is 3.89. The number of likely N-dealkylation sites (tertiary alicyclic amines) is 1. The molecule has 1 fully saturated rings. The minimum Gasteiger partial charge on any atom is -0.495 e. The van der Waals surface area contributed by atoms with E-state index in [-0.39, 0.29) is 18.3 Å². The summed E-state index contributed by atoms with van der Waals surface area (Å²) in [6, 6.07) is 7.25. The van der Waals surface area contributed by atoms with Crippen molar-refractivity contribution in [1.82, 2.24) is 14.9 Å². The zero-order valence-electron chi connectivity index (χ0n) is 17.6. The van der Waals surface area contributed by atoms with Gasteiger partial charge in [0.2, 0.25) is 0 Å². The number of carbonyl (C=O) groups is 1. The van der Waals surface area contributed by atoms with Crippen LogP contribution in [0, 0.1) is 6.92 Å². The number of hydrogen-bond acceptors (Lipinski definition) is 6. The lowest BCUT2D eigenvalue weighted by Crippen LogP contribution is -2.28. The molecule has 3 heterocycles. The van der Waals surface area contributed by atoms with E-state index in [1.165, 1.54) is 0 Å². The normalized spacial score (nSPS) is 13.1. The van der Waals surface area contributed by atoms with Crippen molar-refractivity contribution in [2.24, 2.45) is 0 Å². The number of anilines is 2. The lowest BCUT2D eigenvalue weighted by Gasteiger charge is -2.20. The standard InChI is InChI=1S/C22H23ClN4O3.ClH/c1-13-6-7-14-20(26-17-10-16(23)18(29-2)11-19(17)30-3)15(12-24-21(14)25-13)22(28)27-8-4-5-9-27;/h6-7,10-12H,4-5,8-9H2,1-3H3,(H,24,25,26);1H. The van der Waals surface area contributed by atoms with Gasteiger partial charge in [0.05, 0.1) is 36.2 Å². The van der Waals surface area contributed by atoms with E-state index in [4.69, 9.17) is 21.1 Å². The molecule has 1 N–H and O–H groups in total. The largest absolute Gasteiger partial charge is 0.495 e. The van der Waals surface area contributed by atoms with Crippen LogP contribution < -0.4 is 14.8 Å². The third-order valence-electron chi connectivity index (χ3n) is 5.23. The van der Waals surface area contributed by atoms with Gasteiger partial charge in [0.25, 0.3) is 5.91 Å². The Kier molecular flexibility index (Phi) is 7.08. The van der Waals surface area contributed by atoms with Crippen molar-refractivity contribution in [2.45, 2.75) is 19.8 Å². The molecule has 2 aromatic heterocycles. The van der Waals surface area contributed by atoms with Crippen LogP contribution in [0.2, 0.25) is 5.02 Å². The van der Waals surface area contributed by atoms with Gasteiger partial charge in [0.15, 0.2) is 5.65 Å². The molecule has 1 aromatic carbocycles. The molecule has 0 aliphatic carbocycles. The fraction of sp³-hybridized carbons (Fsp3) is 0.318. The Labute approximate surface area is 192 Å². The predicted octanol–water partition coefficient (Wildman–Crippen LogP) is 5.01. The summed E-state index contributed by atoms with van der Waals surface area (Å²) in [7, 11) is 3.12. The van der Waals surface area contributed by atoms with Crippen LogP contribution in [0.3, 0.4) is 0 Å². The number of benzene rings is 1. The predicted molar refractivity (Wildman–Crippen MR) is 124 cm³/mol. The second-order valence-electron chi connectivity index (χ2n) is 7.18. The summed E-state index contributed by atoms with van der Waals surface area (Å²) in [5.74, 6) is 0.994. The van der Waals surface area contributed by atoms with E-state index in [1.807, 2.05) is 24.0 Å². The van der Waals surface area contributed by atoms with Crippen molar-refractivity contribution in [3.05, 3.63) is 46.7 Å². The van der Waals surface area contributed by atoms with E-state index in [9.17, 15) is 4.79 Å². The van der Waals surface area contributed by atoms with Crippen LogP contribution in [0.5, 0.6) is 11.5 Å². The summed E-state index contributed by atoms with van der Waals surface area (Å²) in [6.45, 7) is 3.41. The number of carbonyl (C=O) groups excluding carboxylic acids is 1. The number of nitrogens with one attached hydrogen (secondary N) is 1. The summed E-state index contributed by atoms with van der Waals surface area (Å²) in [5, 5.41) is 4.54. The van der Waals surface area contributed by atoms with Crippen LogP contribution >= 0.6 is 24.0 Å². The average Bonchev–Trinajstić information content (AvgIpc) is 3.28. The van der Waals surface area contributed by atoms with Crippen molar-refractivity contribution in [3.8, 4) is 11.5 Å². The van der Waals surface area contributed by atoms with Gasteiger partial charge in [-0.2, -0.15) is 0 Å². The van der Waals surface area contributed by atoms with Crippen molar-refractivity contribution >= 4 is 52.3 Å². The highest BCUT2D eigenvalue weighted by Gasteiger charge is 2.25. The Bertz CT molecular complexity index is 1120. The van der Waals surface area contributed by atoms with Crippen LogP contribution in [0.1, 0.15) is 28.9 Å². The number of rotatable bonds is 5. The Hall–Kier alpha value is -2.77. The van der Waals surface area contributed by atoms with Crippen molar-refractivity contribution in [3.63, 3.8) is 0 Å². The number of amides is 1. The van der Waals surface area contributed by atoms with E-state index < -0.39 is 0 Å². The minimum absolute atomic E-state index is 0. The molecule has 0 bridgehead atoms. The van der Waals surface area contributed by atoms with Gasteiger partial charge >= 0.3 is 0 Å². The number of aryl methyl sites for hydroxylation is 1. The van der Waals surface area contributed by atoms with Crippen molar-refractivity contribution in [2.75, 3.05) is 32.6 Å². The van der Waals surface area contributed by atoms with Crippen LogP contribution in [-0.2, 0) is 0 Å². The van der Waals surface area contributed by atoms with E-state index in [0.29, 0.717) is 39.1 Å². The molecule has 1 aliphatic rings. The molecule has 4 rings (SSSR count). The van der Waals surface area contributed by atoms with Crippen molar-refractivity contribution < 1.29 is 14.3 Å². The highest BCUT2D eigenvalue weighted by Crippen LogP contribution is 2.39. The molecular weight excluding hydrogens is 439 g/mol. The number of fused-ring (bicyclic) bond motifs is 1. The maximum Gasteiger partial charge on any atom is 0.257 e. The number of nitrogens with zero attached hydrogens (tertiary/aromatic N) is 3. The highest BCUT2D eigenvalue weighted by molar-refractivity contribution is 6.32. The van der Waals surface area contributed by atoms with Crippen LogP contribution in [0.15, 0.2) is 30.5 Å². The molecule has 3 aromatic rings. The quantitative estimate of drug-likeness (QED) is 0.573. The monoisotopic (exact) mass is 462 g/mol. The summed E-state index contributed by atoms with van der Waals surface area (Å²) < 4.78 is 10.8. The van der Waals surface area contributed by atoms with Crippen LogP contribution in [0.25, 0.3) is 11.0 Å². The molecule has 0 radical (unpaired) electrons. The van der Waals surface area contributed by atoms with E-state index in [0.717, 1.165) is 37.0 Å². The van der Waals surface area contributed by atoms with Gasteiger partial charge in [-0.1, -0.05) is 11.6 Å². The Balaban J connectivity index is 0.00000272. The lowest BCUT2D eigenvalue weighted by atomic mass is 10.1. The molecule has 0 saturated carbocycles. The third kappa shape index (κ3) is 4.48. The summed E-state index contributed by atoms with van der Waals surface area (Å²) in [6.07, 6.45) is 3.62. The third-order valence-corrected chi connectivity index (χ3v) is 5.52. The topological polar surface area (TPSA) is 76.6 Å². The number of methoxy groups -OCH3 is 2. The molecular formula is C22H24Cl2N4O3. The molecule has 7 nitrogen and oxygen atoms in total. The molecule has 0 atom stereocenters. The van der Waals surface area contributed by atoms with E-state index in [2.05, 4.69) is 15.3 Å². The van der Waals surface area contributed by atoms with E-state index in [1.54, 1.807) is 32.5 Å². The minimum atomic E-state index is -0.0523. The van der Waals surface area contributed by atoms with Crippen LogP contribution in [0.4, 0.5) is 11.4 Å². The van der Waals surface area contributed by atoms with Gasteiger partial charge in [-0.25, -0.2) is 9.97 Å². The Morgan fingerprint density at radius 1 is 1.13 bits per heavy atom. The molecule has 31 heavy (non-hydrogen) atoms. The highest BCUT2D eigenvalue weighted by atomic mass is 35.5. The number of halogens is 2.